The molecule has 0 saturated heterocycles. The Morgan fingerprint density at radius 3 is 2.40 bits per heavy atom. The van der Waals surface area contributed by atoms with Gasteiger partial charge in [-0.05, 0) is 30.3 Å². The highest BCUT2D eigenvalue weighted by atomic mass is 35.5. The summed E-state index contributed by atoms with van der Waals surface area (Å²) >= 11 is 18.6. The second-order valence-corrected chi connectivity index (χ2v) is 6.91. The standard InChI is InChI=1S/C18H7Cl3FNO2/c19-13-12-8-3-4-9-11(7-2-1-6(22)5-10(7)23-9)17(8)25-18(12)15(21)16(24)14(13)20/h1-5,23-24H. The highest BCUT2D eigenvalue weighted by molar-refractivity contribution is 6.50. The summed E-state index contributed by atoms with van der Waals surface area (Å²) in [6.45, 7) is 0. The van der Waals surface area contributed by atoms with Crippen LogP contribution in [0.15, 0.2) is 34.7 Å². The molecule has 124 valence electrons. The lowest BCUT2D eigenvalue weighted by atomic mass is 10.1. The molecule has 7 heteroatoms. The van der Waals surface area contributed by atoms with Gasteiger partial charge in [0.25, 0.3) is 0 Å². The van der Waals surface area contributed by atoms with Crippen molar-refractivity contribution in [3.8, 4) is 5.75 Å². The Bertz CT molecular complexity index is 1350. The second kappa shape index (κ2) is 4.94. The van der Waals surface area contributed by atoms with E-state index in [0.29, 0.717) is 21.9 Å². The highest BCUT2D eigenvalue weighted by Crippen LogP contribution is 2.49. The molecule has 0 fully saturated rings. The molecule has 0 radical (unpaired) electrons. The van der Waals surface area contributed by atoms with Crippen LogP contribution in [0.5, 0.6) is 5.75 Å². The largest absolute Gasteiger partial charge is 0.505 e. The molecule has 0 unspecified atom stereocenters. The van der Waals surface area contributed by atoms with E-state index in [4.69, 9.17) is 39.2 Å². The summed E-state index contributed by atoms with van der Waals surface area (Å²) in [4.78, 5) is 3.17. The predicted molar refractivity (Wildman–Crippen MR) is 99.7 cm³/mol. The van der Waals surface area contributed by atoms with Gasteiger partial charge in [0.05, 0.1) is 21.3 Å². The number of hydrogen-bond donors (Lipinski definition) is 2. The molecule has 5 rings (SSSR count). The van der Waals surface area contributed by atoms with Crippen molar-refractivity contribution in [3.05, 3.63) is 51.2 Å². The Labute approximate surface area is 154 Å². The van der Waals surface area contributed by atoms with Gasteiger partial charge < -0.3 is 14.5 Å². The minimum atomic E-state index is -0.331. The Balaban J connectivity index is 2.08. The molecule has 2 aromatic heterocycles. The average Bonchev–Trinajstić information content (AvgIpc) is 3.15. The third-order valence-corrected chi connectivity index (χ3v) is 5.60. The van der Waals surface area contributed by atoms with Crippen molar-refractivity contribution in [2.75, 3.05) is 0 Å². The second-order valence-electron chi connectivity index (χ2n) is 5.78. The molecule has 0 bridgehead atoms. The Hall–Kier alpha value is -2.14. The number of aromatic hydroxyl groups is 1. The molecule has 0 atom stereocenters. The number of benzene rings is 3. The number of phenolic OH excluding ortho intramolecular Hbond substituents is 1. The lowest BCUT2D eigenvalue weighted by Gasteiger charge is -2.03. The van der Waals surface area contributed by atoms with Gasteiger partial charge in [-0.3, -0.25) is 0 Å². The summed E-state index contributed by atoms with van der Waals surface area (Å²) in [5.74, 6) is -0.653. The molecule has 0 aliphatic heterocycles. The van der Waals surface area contributed by atoms with Gasteiger partial charge in [-0.15, -0.1) is 0 Å². The van der Waals surface area contributed by atoms with Crippen LogP contribution in [0.2, 0.25) is 15.1 Å². The van der Waals surface area contributed by atoms with Crippen LogP contribution in [0.25, 0.3) is 43.7 Å². The fraction of sp³-hybridized carbons (Fsp3) is 0. The van der Waals surface area contributed by atoms with Crippen LogP contribution < -0.4 is 0 Å². The van der Waals surface area contributed by atoms with Crippen LogP contribution >= 0.6 is 34.8 Å². The fourth-order valence-electron chi connectivity index (χ4n) is 3.31. The van der Waals surface area contributed by atoms with E-state index in [-0.39, 0.29) is 32.2 Å². The molecule has 3 nitrogen and oxygen atoms in total. The first kappa shape index (κ1) is 15.1. The minimum Gasteiger partial charge on any atom is -0.505 e. The molecule has 25 heavy (non-hydrogen) atoms. The molecule has 2 heterocycles. The molecule has 0 aliphatic carbocycles. The molecular weight excluding hydrogens is 388 g/mol. The normalized spacial score (nSPS) is 12.2. The van der Waals surface area contributed by atoms with Crippen molar-refractivity contribution in [2.45, 2.75) is 0 Å². The number of furan rings is 1. The zero-order valence-corrected chi connectivity index (χ0v) is 14.5. The third-order valence-electron chi connectivity index (χ3n) is 4.41. The Kier molecular flexibility index (Phi) is 2.99. The number of hydrogen-bond acceptors (Lipinski definition) is 2. The summed E-state index contributed by atoms with van der Waals surface area (Å²) in [5, 5.41) is 13.0. The molecule has 0 saturated carbocycles. The van der Waals surface area contributed by atoms with Crippen molar-refractivity contribution in [3.63, 3.8) is 0 Å². The predicted octanol–water partition coefficient (Wildman–Crippen LogP) is 7.03. The number of H-pyrrole nitrogens is 1. The van der Waals surface area contributed by atoms with Crippen molar-refractivity contribution >= 4 is 78.5 Å². The molecule has 0 spiro atoms. The van der Waals surface area contributed by atoms with E-state index in [1.165, 1.54) is 12.1 Å². The van der Waals surface area contributed by atoms with Gasteiger partial charge in [0.1, 0.15) is 21.4 Å². The minimum absolute atomic E-state index is 0.000337. The maximum absolute atomic E-state index is 13.5. The number of halogens is 4. The van der Waals surface area contributed by atoms with E-state index >= 15 is 0 Å². The first-order chi connectivity index (χ1) is 12.0. The van der Waals surface area contributed by atoms with Crippen molar-refractivity contribution in [2.24, 2.45) is 0 Å². The van der Waals surface area contributed by atoms with Crippen LogP contribution in [0, 0.1) is 5.82 Å². The smallest absolute Gasteiger partial charge is 0.159 e. The molecular formula is C18H7Cl3FNO2. The van der Waals surface area contributed by atoms with Gasteiger partial charge in [0.15, 0.2) is 11.3 Å². The van der Waals surface area contributed by atoms with Crippen molar-refractivity contribution in [1.82, 2.24) is 4.98 Å². The number of rotatable bonds is 0. The van der Waals surface area contributed by atoms with Gasteiger partial charge in [0.2, 0.25) is 0 Å². The Morgan fingerprint density at radius 1 is 0.840 bits per heavy atom. The lowest BCUT2D eigenvalue weighted by molar-refractivity contribution is 0.475. The molecule has 3 aromatic carbocycles. The quantitative estimate of drug-likeness (QED) is 0.277. The number of aromatic amines is 1. The van der Waals surface area contributed by atoms with E-state index in [1.807, 2.05) is 12.1 Å². The summed E-state index contributed by atoms with van der Waals surface area (Å²) in [6.07, 6.45) is 0. The summed E-state index contributed by atoms with van der Waals surface area (Å²) in [5.41, 5.74) is 2.24. The summed E-state index contributed by atoms with van der Waals surface area (Å²) in [7, 11) is 0. The summed E-state index contributed by atoms with van der Waals surface area (Å²) < 4.78 is 19.5. The fourth-order valence-corrected chi connectivity index (χ4v) is 4.05. The van der Waals surface area contributed by atoms with E-state index in [9.17, 15) is 9.50 Å². The number of fused-ring (bicyclic) bond motifs is 7. The van der Waals surface area contributed by atoms with E-state index in [1.54, 1.807) is 6.07 Å². The zero-order valence-electron chi connectivity index (χ0n) is 12.3. The molecule has 2 N–H and O–H groups in total. The zero-order chi connectivity index (χ0) is 17.5. The van der Waals surface area contributed by atoms with Crippen LogP contribution in [-0.2, 0) is 0 Å². The van der Waals surface area contributed by atoms with Gasteiger partial charge in [0, 0.05) is 16.3 Å². The average molecular weight is 395 g/mol. The van der Waals surface area contributed by atoms with Crippen molar-refractivity contribution in [1.29, 1.82) is 0 Å². The van der Waals surface area contributed by atoms with Crippen LogP contribution in [0.4, 0.5) is 4.39 Å². The van der Waals surface area contributed by atoms with Crippen LogP contribution in [-0.4, -0.2) is 10.1 Å². The van der Waals surface area contributed by atoms with Crippen LogP contribution in [0.3, 0.4) is 0 Å². The first-order valence-electron chi connectivity index (χ1n) is 7.29. The highest BCUT2D eigenvalue weighted by Gasteiger charge is 2.23. The van der Waals surface area contributed by atoms with Gasteiger partial charge in [-0.1, -0.05) is 34.8 Å². The van der Waals surface area contributed by atoms with E-state index in [2.05, 4.69) is 4.98 Å². The van der Waals surface area contributed by atoms with Gasteiger partial charge in [-0.2, -0.15) is 0 Å². The lowest BCUT2D eigenvalue weighted by Crippen LogP contribution is -1.77. The number of aromatic nitrogens is 1. The molecule has 5 aromatic rings. The number of phenols is 1. The Morgan fingerprint density at radius 2 is 1.60 bits per heavy atom. The maximum Gasteiger partial charge on any atom is 0.159 e. The molecule has 0 aliphatic rings. The van der Waals surface area contributed by atoms with Gasteiger partial charge >= 0.3 is 0 Å². The SMILES string of the molecule is Oc1c(Cl)c(Cl)c2c(oc3c2ccc2[nH]c4cc(F)ccc4c23)c1Cl. The number of nitrogens with one attached hydrogen (secondary N) is 1. The topological polar surface area (TPSA) is 49.2 Å². The van der Waals surface area contributed by atoms with Crippen molar-refractivity contribution < 1.29 is 13.9 Å². The molecule has 0 amide bonds. The van der Waals surface area contributed by atoms with Crippen LogP contribution in [0.1, 0.15) is 0 Å². The summed E-state index contributed by atoms with van der Waals surface area (Å²) in [6, 6.07) is 8.18. The van der Waals surface area contributed by atoms with E-state index in [0.717, 1.165) is 16.3 Å². The van der Waals surface area contributed by atoms with Gasteiger partial charge in [-0.25, -0.2) is 4.39 Å². The van der Waals surface area contributed by atoms with E-state index < -0.39 is 0 Å². The third kappa shape index (κ3) is 1.87. The monoisotopic (exact) mass is 393 g/mol. The first-order valence-corrected chi connectivity index (χ1v) is 8.42. The maximum atomic E-state index is 13.5.